The van der Waals surface area contributed by atoms with Crippen LogP contribution in [0.15, 0.2) is 18.2 Å². The Hall–Kier alpha value is -1.18. The van der Waals surface area contributed by atoms with Crippen LogP contribution in [0.25, 0.3) is 0 Å². The van der Waals surface area contributed by atoms with Crippen LogP contribution in [0.4, 0.5) is 11.4 Å². The van der Waals surface area contributed by atoms with Gasteiger partial charge in [-0.3, -0.25) is 0 Å². The number of aryl methyl sites for hydroxylation is 1. The third kappa shape index (κ3) is 3.46. The van der Waals surface area contributed by atoms with E-state index in [1.807, 2.05) is 12.1 Å². The largest absolute Gasteiger partial charge is 0.397 e. The van der Waals surface area contributed by atoms with Crippen molar-refractivity contribution in [2.45, 2.75) is 46.1 Å². The zero-order valence-corrected chi connectivity index (χ0v) is 10.2. The van der Waals surface area contributed by atoms with Gasteiger partial charge in [-0.05, 0) is 44.9 Å². The molecule has 0 radical (unpaired) electrons. The molecule has 0 spiro atoms. The van der Waals surface area contributed by atoms with Gasteiger partial charge in [0.25, 0.3) is 0 Å². The summed E-state index contributed by atoms with van der Waals surface area (Å²) in [6.07, 6.45) is 2.31. The van der Waals surface area contributed by atoms with Crippen molar-refractivity contribution in [2.24, 2.45) is 0 Å². The van der Waals surface area contributed by atoms with E-state index < -0.39 is 0 Å². The number of hydrogen-bond donors (Lipinski definition) is 2. The first kappa shape index (κ1) is 11.9. The SMILES string of the molecule is CCCC(C)(C)Nc1cc(C)ccc1N. The van der Waals surface area contributed by atoms with Gasteiger partial charge in [-0.25, -0.2) is 0 Å². The minimum Gasteiger partial charge on any atom is -0.397 e. The van der Waals surface area contributed by atoms with E-state index >= 15 is 0 Å². The van der Waals surface area contributed by atoms with Gasteiger partial charge >= 0.3 is 0 Å². The number of hydrogen-bond acceptors (Lipinski definition) is 2. The average Bonchev–Trinajstić information content (AvgIpc) is 2.10. The molecule has 0 bridgehead atoms. The molecule has 1 aromatic carbocycles. The molecular weight excluding hydrogens is 184 g/mol. The minimum atomic E-state index is 0.108. The molecule has 0 aromatic heterocycles. The molecule has 0 amide bonds. The van der Waals surface area contributed by atoms with Gasteiger partial charge in [-0.15, -0.1) is 0 Å². The number of nitrogens with one attached hydrogen (secondary N) is 1. The molecule has 0 fully saturated rings. The summed E-state index contributed by atoms with van der Waals surface area (Å²) >= 11 is 0. The Morgan fingerprint density at radius 1 is 1.33 bits per heavy atom. The second-order valence-electron chi connectivity index (χ2n) is 4.85. The first-order valence-corrected chi connectivity index (χ1v) is 5.59. The van der Waals surface area contributed by atoms with Crippen molar-refractivity contribution in [1.29, 1.82) is 0 Å². The summed E-state index contributed by atoms with van der Waals surface area (Å²) < 4.78 is 0. The van der Waals surface area contributed by atoms with Gasteiger partial charge in [-0.1, -0.05) is 19.4 Å². The predicted octanol–water partition coefficient (Wildman–Crippen LogP) is 3.57. The summed E-state index contributed by atoms with van der Waals surface area (Å²) in [5.74, 6) is 0. The van der Waals surface area contributed by atoms with E-state index in [0.717, 1.165) is 17.8 Å². The maximum Gasteiger partial charge on any atom is 0.0580 e. The van der Waals surface area contributed by atoms with Crippen molar-refractivity contribution in [2.75, 3.05) is 11.1 Å². The highest BCUT2D eigenvalue weighted by molar-refractivity contribution is 5.67. The maximum atomic E-state index is 5.93. The van der Waals surface area contributed by atoms with Gasteiger partial charge in [0.15, 0.2) is 0 Å². The van der Waals surface area contributed by atoms with Crippen LogP contribution in [0.1, 0.15) is 39.2 Å². The lowest BCUT2D eigenvalue weighted by atomic mass is 9.98. The van der Waals surface area contributed by atoms with Crippen LogP contribution in [0.5, 0.6) is 0 Å². The van der Waals surface area contributed by atoms with E-state index in [-0.39, 0.29) is 5.54 Å². The zero-order chi connectivity index (χ0) is 11.5. The van der Waals surface area contributed by atoms with Crippen molar-refractivity contribution >= 4 is 11.4 Å². The zero-order valence-electron chi connectivity index (χ0n) is 10.2. The van der Waals surface area contributed by atoms with Crippen LogP contribution in [-0.2, 0) is 0 Å². The van der Waals surface area contributed by atoms with Gasteiger partial charge < -0.3 is 11.1 Å². The number of nitrogen functional groups attached to an aromatic ring is 1. The molecule has 0 unspecified atom stereocenters. The van der Waals surface area contributed by atoms with E-state index in [0.29, 0.717) is 0 Å². The van der Waals surface area contributed by atoms with Gasteiger partial charge in [0, 0.05) is 5.54 Å². The number of benzene rings is 1. The van der Waals surface area contributed by atoms with Crippen molar-refractivity contribution in [1.82, 2.24) is 0 Å². The average molecular weight is 206 g/mol. The molecule has 0 aliphatic heterocycles. The Kier molecular flexibility index (Phi) is 3.61. The molecular formula is C13H22N2. The van der Waals surface area contributed by atoms with Crippen LogP contribution >= 0.6 is 0 Å². The number of nitrogens with two attached hydrogens (primary N) is 1. The molecule has 15 heavy (non-hydrogen) atoms. The summed E-state index contributed by atoms with van der Waals surface area (Å²) in [5.41, 5.74) is 9.15. The van der Waals surface area contributed by atoms with Crippen LogP contribution in [0.2, 0.25) is 0 Å². The third-order valence-corrected chi connectivity index (χ3v) is 2.56. The molecule has 0 aliphatic carbocycles. The summed E-state index contributed by atoms with van der Waals surface area (Å²) in [4.78, 5) is 0. The highest BCUT2D eigenvalue weighted by atomic mass is 15.0. The fraction of sp³-hybridized carbons (Fsp3) is 0.538. The smallest absolute Gasteiger partial charge is 0.0580 e. The highest BCUT2D eigenvalue weighted by Gasteiger charge is 2.16. The minimum absolute atomic E-state index is 0.108. The highest BCUT2D eigenvalue weighted by Crippen LogP contribution is 2.25. The first-order chi connectivity index (χ1) is 6.94. The molecule has 0 atom stereocenters. The topological polar surface area (TPSA) is 38.0 Å². The summed E-state index contributed by atoms with van der Waals surface area (Å²) in [6, 6.07) is 6.10. The molecule has 84 valence electrons. The Balaban J connectivity index is 2.83. The molecule has 1 rings (SSSR count). The lowest BCUT2D eigenvalue weighted by molar-refractivity contribution is 0.511. The van der Waals surface area contributed by atoms with Crippen molar-refractivity contribution in [3.63, 3.8) is 0 Å². The van der Waals surface area contributed by atoms with Gasteiger partial charge in [-0.2, -0.15) is 0 Å². The van der Waals surface area contributed by atoms with Crippen LogP contribution in [-0.4, -0.2) is 5.54 Å². The van der Waals surface area contributed by atoms with E-state index in [4.69, 9.17) is 5.73 Å². The van der Waals surface area contributed by atoms with Gasteiger partial charge in [0.05, 0.1) is 11.4 Å². The predicted molar refractivity (Wildman–Crippen MR) is 68.2 cm³/mol. The number of rotatable bonds is 4. The second kappa shape index (κ2) is 4.56. The quantitative estimate of drug-likeness (QED) is 0.739. The van der Waals surface area contributed by atoms with Gasteiger partial charge in [0.1, 0.15) is 0 Å². The fourth-order valence-electron chi connectivity index (χ4n) is 1.83. The van der Waals surface area contributed by atoms with Crippen LogP contribution in [0.3, 0.4) is 0 Å². The lowest BCUT2D eigenvalue weighted by Gasteiger charge is -2.28. The van der Waals surface area contributed by atoms with E-state index in [9.17, 15) is 0 Å². The normalized spacial score (nSPS) is 11.5. The molecule has 0 saturated carbocycles. The van der Waals surface area contributed by atoms with E-state index in [1.54, 1.807) is 0 Å². The van der Waals surface area contributed by atoms with Crippen molar-refractivity contribution in [3.05, 3.63) is 23.8 Å². The van der Waals surface area contributed by atoms with E-state index in [1.165, 1.54) is 12.0 Å². The van der Waals surface area contributed by atoms with Crippen LogP contribution < -0.4 is 11.1 Å². The van der Waals surface area contributed by atoms with Crippen molar-refractivity contribution < 1.29 is 0 Å². The monoisotopic (exact) mass is 206 g/mol. The third-order valence-electron chi connectivity index (χ3n) is 2.56. The molecule has 3 N–H and O–H groups in total. The summed E-state index contributed by atoms with van der Waals surface area (Å²) in [7, 11) is 0. The molecule has 0 saturated heterocycles. The second-order valence-corrected chi connectivity index (χ2v) is 4.85. The maximum absolute atomic E-state index is 5.93. The Bertz CT molecular complexity index is 329. The lowest BCUT2D eigenvalue weighted by Crippen LogP contribution is -2.30. The Morgan fingerprint density at radius 2 is 2.00 bits per heavy atom. The first-order valence-electron chi connectivity index (χ1n) is 5.59. The molecule has 1 aromatic rings. The van der Waals surface area contributed by atoms with Gasteiger partial charge in [0.2, 0.25) is 0 Å². The fourth-order valence-corrected chi connectivity index (χ4v) is 1.83. The molecule has 0 aliphatic rings. The molecule has 0 heterocycles. The number of anilines is 2. The summed E-state index contributed by atoms with van der Waals surface area (Å²) in [5, 5.41) is 3.50. The van der Waals surface area contributed by atoms with E-state index in [2.05, 4.69) is 39.1 Å². The molecule has 2 heteroatoms. The molecule has 2 nitrogen and oxygen atoms in total. The van der Waals surface area contributed by atoms with Crippen LogP contribution in [0, 0.1) is 6.92 Å². The van der Waals surface area contributed by atoms with Crippen molar-refractivity contribution in [3.8, 4) is 0 Å². The standard InChI is InChI=1S/C13H22N2/c1-5-8-13(3,4)15-12-9-10(2)6-7-11(12)14/h6-7,9,15H,5,8,14H2,1-4H3. The Morgan fingerprint density at radius 3 is 2.60 bits per heavy atom. The Labute approximate surface area is 92.9 Å². The summed E-state index contributed by atoms with van der Waals surface area (Å²) in [6.45, 7) is 8.69.